The number of nitrogens with one attached hydrogen (secondary N) is 1. The van der Waals surface area contributed by atoms with Gasteiger partial charge in [-0.3, -0.25) is 9.59 Å². The SMILES string of the molecule is CCOc1ccc(C(=O)N/N=C\c2ccc(OC(C)=O)c(OC)c2)cc1. The Morgan fingerprint density at radius 3 is 2.46 bits per heavy atom. The smallest absolute Gasteiger partial charge is 0.308 e. The third-order valence-corrected chi connectivity index (χ3v) is 3.25. The van der Waals surface area contributed by atoms with Gasteiger partial charge in [-0.1, -0.05) is 0 Å². The van der Waals surface area contributed by atoms with Crippen molar-refractivity contribution in [3.8, 4) is 17.2 Å². The zero-order chi connectivity index (χ0) is 18.9. The molecule has 2 aromatic rings. The Bertz CT molecular complexity index is 800. The highest BCUT2D eigenvalue weighted by Gasteiger charge is 2.08. The molecule has 0 bridgehead atoms. The molecule has 7 heteroatoms. The van der Waals surface area contributed by atoms with Gasteiger partial charge in [0.2, 0.25) is 0 Å². The fraction of sp³-hybridized carbons (Fsp3) is 0.211. The van der Waals surface area contributed by atoms with E-state index in [1.54, 1.807) is 42.5 Å². The number of ether oxygens (including phenoxy) is 3. The summed E-state index contributed by atoms with van der Waals surface area (Å²) in [6.45, 7) is 3.77. The van der Waals surface area contributed by atoms with E-state index in [0.29, 0.717) is 35.0 Å². The molecule has 1 N–H and O–H groups in total. The van der Waals surface area contributed by atoms with Crippen molar-refractivity contribution in [2.24, 2.45) is 5.10 Å². The van der Waals surface area contributed by atoms with Crippen LogP contribution in [0, 0.1) is 0 Å². The van der Waals surface area contributed by atoms with Gasteiger partial charge in [0.15, 0.2) is 11.5 Å². The van der Waals surface area contributed by atoms with Crippen LogP contribution >= 0.6 is 0 Å². The lowest BCUT2D eigenvalue weighted by atomic mass is 10.2. The normalized spacial score (nSPS) is 10.4. The quantitative estimate of drug-likeness (QED) is 0.357. The number of methoxy groups -OCH3 is 1. The summed E-state index contributed by atoms with van der Waals surface area (Å²) in [5.41, 5.74) is 3.58. The maximum atomic E-state index is 12.1. The average Bonchev–Trinajstić information content (AvgIpc) is 2.63. The highest BCUT2D eigenvalue weighted by Crippen LogP contribution is 2.27. The monoisotopic (exact) mass is 356 g/mol. The van der Waals surface area contributed by atoms with Gasteiger partial charge in [0.1, 0.15) is 5.75 Å². The third-order valence-electron chi connectivity index (χ3n) is 3.25. The molecule has 0 atom stereocenters. The van der Waals surface area contributed by atoms with Crippen LogP contribution in [0.5, 0.6) is 17.2 Å². The van der Waals surface area contributed by atoms with E-state index in [9.17, 15) is 9.59 Å². The summed E-state index contributed by atoms with van der Waals surface area (Å²) in [6.07, 6.45) is 1.46. The van der Waals surface area contributed by atoms with E-state index < -0.39 is 5.97 Å². The van der Waals surface area contributed by atoms with Gasteiger partial charge in [-0.05, 0) is 55.0 Å². The third kappa shape index (κ3) is 5.34. The van der Waals surface area contributed by atoms with Crippen molar-refractivity contribution in [2.75, 3.05) is 13.7 Å². The van der Waals surface area contributed by atoms with E-state index in [-0.39, 0.29) is 5.91 Å². The van der Waals surface area contributed by atoms with Crippen LogP contribution in [-0.4, -0.2) is 31.8 Å². The van der Waals surface area contributed by atoms with E-state index in [2.05, 4.69) is 10.5 Å². The van der Waals surface area contributed by atoms with E-state index in [0.717, 1.165) is 0 Å². The highest BCUT2D eigenvalue weighted by atomic mass is 16.6. The molecule has 0 unspecified atom stereocenters. The van der Waals surface area contributed by atoms with Crippen LogP contribution in [0.1, 0.15) is 29.8 Å². The molecule has 2 aromatic carbocycles. The molecule has 0 aliphatic heterocycles. The molecule has 2 rings (SSSR count). The molecule has 0 heterocycles. The molecule has 0 aromatic heterocycles. The zero-order valence-corrected chi connectivity index (χ0v) is 14.8. The largest absolute Gasteiger partial charge is 0.494 e. The summed E-state index contributed by atoms with van der Waals surface area (Å²) in [4.78, 5) is 23.1. The Hall–Kier alpha value is -3.35. The lowest BCUT2D eigenvalue weighted by Gasteiger charge is -2.08. The van der Waals surface area contributed by atoms with Crippen molar-refractivity contribution < 1.29 is 23.8 Å². The van der Waals surface area contributed by atoms with Crippen molar-refractivity contribution in [3.05, 3.63) is 53.6 Å². The Balaban J connectivity index is 2.00. The number of carbonyl (C=O) groups excluding carboxylic acids is 2. The van der Waals surface area contributed by atoms with E-state index >= 15 is 0 Å². The molecule has 1 amide bonds. The molecule has 0 radical (unpaired) electrons. The lowest BCUT2D eigenvalue weighted by molar-refractivity contribution is -0.132. The van der Waals surface area contributed by atoms with Crippen LogP contribution < -0.4 is 19.6 Å². The van der Waals surface area contributed by atoms with Gasteiger partial charge in [-0.2, -0.15) is 5.10 Å². The first-order chi connectivity index (χ1) is 12.5. The summed E-state index contributed by atoms with van der Waals surface area (Å²) in [6, 6.07) is 11.7. The molecular formula is C19H20N2O5. The Morgan fingerprint density at radius 2 is 1.85 bits per heavy atom. The van der Waals surface area contributed by atoms with Gasteiger partial charge in [0.25, 0.3) is 5.91 Å². The van der Waals surface area contributed by atoms with Crippen molar-refractivity contribution >= 4 is 18.1 Å². The number of hydrogen-bond acceptors (Lipinski definition) is 6. The highest BCUT2D eigenvalue weighted by molar-refractivity contribution is 5.95. The first kappa shape index (κ1) is 19.0. The minimum atomic E-state index is -0.438. The van der Waals surface area contributed by atoms with Crippen molar-refractivity contribution in [3.63, 3.8) is 0 Å². The van der Waals surface area contributed by atoms with E-state index in [1.165, 1.54) is 20.2 Å². The predicted molar refractivity (Wildman–Crippen MR) is 97.0 cm³/mol. The molecule has 7 nitrogen and oxygen atoms in total. The van der Waals surface area contributed by atoms with Gasteiger partial charge >= 0.3 is 5.97 Å². The lowest BCUT2D eigenvalue weighted by Crippen LogP contribution is -2.17. The number of hydrogen-bond donors (Lipinski definition) is 1. The van der Waals surface area contributed by atoms with Crippen LogP contribution in [0.15, 0.2) is 47.6 Å². The molecule has 0 aliphatic carbocycles. The molecular weight excluding hydrogens is 336 g/mol. The summed E-state index contributed by atoms with van der Waals surface area (Å²) in [5.74, 6) is 0.630. The number of amides is 1. The average molecular weight is 356 g/mol. The van der Waals surface area contributed by atoms with Crippen molar-refractivity contribution in [2.45, 2.75) is 13.8 Å². The Kier molecular flexibility index (Phi) is 6.73. The van der Waals surface area contributed by atoms with Crippen LogP contribution in [0.4, 0.5) is 0 Å². The minimum Gasteiger partial charge on any atom is -0.494 e. The zero-order valence-electron chi connectivity index (χ0n) is 14.8. The van der Waals surface area contributed by atoms with Crippen LogP contribution in [0.25, 0.3) is 0 Å². The molecule has 0 saturated heterocycles. The molecule has 0 fully saturated rings. The molecule has 26 heavy (non-hydrogen) atoms. The number of nitrogens with zero attached hydrogens (tertiary/aromatic N) is 1. The minimum absolute atomic E-state index is 0.315. The van der Waals surface area contributed by atoms with E-state index in [4.69, 9.17) is 14.2 Å². The van der Waals surface area contributed by atoms with Crippen LogP contribution in [0.2, 0.25) is 0 Å². The fourth-order valence-corrected chi connectivity index (χ4v) is 2.10. The first-order valence-electron chi connectivity index (χ1n) is 7.96. The second-order valence-electron chi connectivity index (χ2n) is 5.16. The summed E-state index contributed by atoms with van der Waals surface area (Å²) in [7, 11) is 1.47. The Labute approximate surface area is 151 Å². The van der Waals surface area contributed by atoms with Crippen molar-refractivity contribution in [1.29, 1.82) is 0 Å². The maximum Gasteiger partial charge on any atom is 0.308 e. The van der Waals surface area contributed by atoms with E-state index in [1.807, 2.05) is 6.92 Å². The van der Waals surface area contributed by atoms with Gasteiger partial charge in [-0.25, -0.2) is 5.43 Å². The summed E-state index contributed by atoms with van der Waals surface area (Å²) in [5, 5.41) is 3.92. The summed E-state index contributed by atoms with van der Waals surface area (Å²) < 4.78 is 15.5. The van der Waals surface area contributed by atoms with Gasteiger partial charge in [0, 0.05) is 12.5 Å². The number of esters is 1. The van der Waals surface area contributed by atoms with Crippen LogP contribution in [0.3, 0.4) is 0 Å². The number of benzene rings is 2. The molecule has 0 spiro atoms. The second kappa shape index (κ2) is 9.22. The van der Waals surface area contributed by atoms with Gasteiger partial charge in [0.05, 0.1) is 19.9 Å². The first-order valence-corrected chi connectivity index (χ1v) is 7.96. The number of rotatable bonds is 7. The Morgan fingerprint density at radius 1 is 1.12 bits per heavy atom. The maximum absolute atomic E-state index is 12.1. The fourth-order valence-electron chi connectivity index (χ4n) is 2.10. The number of carbonyl (C=O) groups is 2. The molecule has 0 aliphatic rings. The number of hydrazone groups is 1. The standard InChI is InChI=1S/C19H20N2O5/c1-4-25-16-8-6-15(7-9-16)19(23)21-20-12-14-5-10-17(26-13(2)22)18(11-14)24-3/h5-12H,4H2,1-3H3,(H,21,23)/b20-12-. The predicted octanol–water partition coefficient (Wildman–Crippen LogP) is 2.78. The van der Waals surface area contributed by atoms with Gasteiger partial charge < -0.3 is 14.2 Å². The molecule has 136 valence electrons. The topological polar surface area (TPSA) is 86.2 Å². The van der Waals surface area contributed by atoms with Crippen molar-refractivity contribution in [1.82, 2.24) is 5.43 Å². The second-order valence-corrected chi connectivity index (χ2v) is 5.16. The van der Waals surface area contributed by atoms with Gasteiger partial charge in [-0.15, -0.1) is 0 Å². The molecule has 0 saturated carbocycles. The van der Waals surface area contributed by atoms with Crippen LogP contribution in [-0.2, 0) is 4.79 Å². The summed E-state index contributed by atoms with van der Waals surface area (Å²) >= 11 is 0.